The van der Waals surface area contributed by atoms with Crippen LogP contribution < -0.4 is 10.1 Å². The van der Waals surface area contributed by atoms with Crippen LogP contribution in [0.25, 0.3) is 0 Å². The lowest BCUT2D eigenvalue weighted by Crippen LogP contribution is -2.29. The summed E-state index contributed by atoms with van der Waals surface area (Å²) >= 11 is 3.54. The third kappa shape index (κ3) is 2.99. The van der Waals surface area contributed by atoms with E-state index in [1.807, 2.05) is 0 Å². The molecule has 2 unspecified atom stereocenters. The molecule has 0 fully saturated rings. The Hall–Kier alpha value is -1.32. The summed E-state index contributed by atoms with van der Waals surface area (Å²) in [6.45, 7) is 5.26. The third-order valence-corrected chi connectivity index (χ3v) is 4.55. The van der Waals surface area contributed by atoms with Gasteiger partial charge in [-0.15, -0.1) is 0 Å². The number of hydrogen-bond donors (Lipinski definition) is 1. The molecule has 0 spiro atoms. The molecule has 0 aliphatic carbocycles. The Morgan fingerprint density at radius 2 is 2.00 bits per heavy atom. The van der Waals surface area contributed by atoms with Crippen molar-refractivity contribution in [1.82, 2.24) is 5.32 Å². The number of ether oxygens (including phenoxy) is 1. The quantitative estimate of drug-likeness (QED) is 0.851. The van der Waals surface area contributed by atoms with Crippen molar-refractivity contribution in [2.75, 3.05) is 6.54 Å². The molecule has 2 aromatic carbocycles. The Morgan fingerprint density at radius 3 is 2.76 bits per heavy atom. The van der Waals surface area contributed by atoms with Gasteiger partial charge in [0, 0.05) is 22.5 Å². The third-order valence-electron chi connectivity index (χ3n) is 4.06. The maximum absolute atomic E-state index is 6.29. The smallest absolute Gasteiger partial charge is 0.126 e. The van der Waals surface area contributed by atoms with E-state index in [1.54, 1.807) is 0 Å². The van der Waals surface area contributed by atoms with Crippen molar-refractivity contribution in [3.05, 3.63) is 63.6 Å². The summed E-state index contributed by atoms with van der Waals surface area (Å²) in [6, 6.07) is 15.1. The molecular weight excluding hydrogens is 326 g/mol. The molecule has 2 atom stereocenters. The average molecular weight is 346 g/mol. The van der Waals surface area contributed by atoms with Crippen molar-refractivity contribution in [2.24, 2.45) is 0 Å². The van der Waals surface area contributed by atoms with E-state index in [1.165, 1.54) is 16.7 Å². The van der Waals surface area contributed by atoms with Crippen LogP contribution in [0, 0.1) is 6.92 Å². The zero-order valence-electron chi connectivity index (χ0n) is 12.4. The second-order valence-electron chi connectivity index (χ2n) is 5.49. The molecule has 2 aromatic rings. The molecule has 1 aliphatic rings. The van der Waals surface area contributed by atoms with E-state index in [-0.39, 0.29) is 6.10 Å². The van der Waals surface area contributed by atoms with Crippen LogP contribution in [0.4, 0.5) is 0 Å². The van der Waals surface area contributed by atoms with Gasteiger partial charge in [-0.2, -0.15) is 0 Å². The number of fused-ring (bicyclic) bond motifs is 1. The van der Waals surface area contributed by atoms with Gasteiger partial charge in [-0.05, 0) is 36.7 Å². The molecule has 21 heavy (non-hydrogen) atoms. The summed E-state index contributed by atoms with van der Waals surface area (Å²) in [5.74, 6) is 0.981. The Balaban J connectivity index is 1.98. The summed E-state index contributed by atoms with van der Waals surface area (Å²) in [5.41, 5.74) is 3.83. The normalized spacial score (nSPS) is 20.7. The Morgan fingerprint density at radius 1 is 1.19 bits per heavy atom. The van der Waals surface area contributed by atoms with Crippen molar-refractivity contribution in [1.29, 1.82) is 0 Å². The largest absolute Gasteiger partial charge is 0.485 e. The van der Waals surface area contributed by atoms with Crippen LogP contribution in [-0.4, -0.2) is 6.54 Å². The van der Waals surface area contributed by atoms with Crippen molar-refractivity contribution in [3.63, 3.8) is 0 Å². The Kier molecular flexibility index (Phi) is 4.32. The number of aryl methyl sites for hydroxylation is 1. The summed E-state index contributed by atoms with van der Waals surface area (Å²) in [5, 5.41) is 3.58. The fraction of sp³-hybridized carbons (Fsp3) is 0.333. The first kappa shape index (κ1) is 14.6. The van der Waals surface area contributed by atoms with Crippen LogP contribution in [0.3, 0.4) is 0 Å². The average Bonchev–Trinajstić information content (AvgIpc) is 2.47. The number of hydrogen-bond acceptors (Lipinski definition) is 2. The minimum atomic E-state index is 0.108. The molecule has 0 saturated carbocycles. The molecule has 0 radical (unpaired) electrons. The van der Waals surface area contributed by atoms with Gasteiger partial charge in [0.15, 0.2) is 0 Å². The molecule has 3 rings (SSSR count). The van der Waals surface area contributed by atoms with Crippen molar-refractivity contribution >= 4 is 15.9 Å². The van der Waals surface area contributed by atoms with E-state index in [0.717, 1.165) is 23.2 Å². The van der Waals surface area contributed by atoms with Gasteiger partial charge in [-0.3, -0.25) is 0 Å². The van der Waals surface area contributed by atoms with Gasteiger partial charge in [0.1, 0.15) is 11.9 Å². The van der Waals surface area contributed by atoms with Crippen molar-refractivity contribution in [2.45, 2.75) is 32.4 Å². The molecule has 1 N–H and O–H groups in total. The fourth-order valence-electron chi connectivity index (χ4n) is 3.02. The lowest BCUT2D eigenvalue weighted by Gasteiger charge is -2.33. The highest BCUT2D eigenvalue weighted by atomic mass is 79.9. The van der Waals surface area contributed by atoms with Gasteiger partial charge in [0.05, 0.1) is 0 Å². The van der Waals surface area contributed by atoms with Crippen molar-refractivity contribution in [3.8, 4) is 5.75 Å². The molecule has 1 aliphatic heterocycles. The summed E-state index contributed by atoms with van der Waals surface area (Å²) < 4.78 is 7.34. The minimum absolute atomic E-state index is 0.108. The topological polar surface area (TPSA) is 21.3 Å². The molecule has 1 heterocycles. The highest BCUT2D eigenvalue weighted by Gasteiger charge is 2.29. The molecule has 2 nitrogen and oxygen atoms in total. The van der Waals surface area contributed by atoms with Gasteiger partial charge in [0.2, 0.25) is 0 Å². The maximum Gasteiger partial charge on any atom is 0.126 e. The van der Waals surface area contributed by atoms with E-state index < -0.39 is 0 Å². The SMILES string of the molecule is CCNC1CC(c2ccccc2C)Oc2cc(Br)ccc21. The highest BCUT2D eigenvalue weighted by molar-refractivity contribution is 9.10. The van der Waals surface area contributed by atoms with E-state index >= 15 is 0 Å². The van der Waals surface area contributed by atoms with Crippen LogP contribution in [0.1, 0.15) is 42.2 Å². The molecule has 0 saturated heterocycles. The first-order valence-electron chi connectivity index (χ1n) is 7.44. The van der Waals surface area contributed by atoms with E-state index in [2.05, 4.69) is 77.6 Å². The molecular formula is C18H20BrNO. The van der Waals surface area contributed by atoms with Crippen LogP contribution >= 0.6 is 15.9 Å². The highest BCUT2D eigenvalue weighted by Crippen LogP contribution is 2.42. The van der Waals surface area contributed by atoms with Crippen molar-refractivity contribution < 1.29 is 4.74 Å². The lowest BCUT2D eigenvalue weighted by molar-refractivity contribution is 0.151. The van der Waals surface area contributed by atoms with Crippen LogP contribution in [0.2, 0.25) is 0 Å². The zero-order valence-corrected chi connectivity index (χ0v) is 14.0. The van der Waals surface area contributed by atoms with Gasteiger partial charge in [-0.1, -0.05) is 53.2 Å². The molecule has 3 heteroatoms. The second kappa shape index (κ2) is 6.20. The van der Waals surface area contributed by atoms with Crippen LogP contribution in [0.15, 0.2) is 46.9 Å². The summed E-state index contributed by atoms with van der Waals surface area (Å²) in [6.07, 6.45) is 1.07. The maximum atomic E-state index is 6.29. The van der Waals surface area contributed by atoms with E-state index in [0.29, 0.717) is 6.04 Å². The summed E-state index contributed by atoms with van der Waals surface area (Å²) in [4.78, 5) is 0. The Bertz CT molecular complexity index is 641. The first-order chi connectivity index (χ1) is 10.2. The number of benzene rings is 2. The van der Waals surface area contributed by atoms with Crippen LogP contribution in [-0.2, 0) is 0 Å². The predicted octanol–water partition coefficient (Wildman–Crippen LogP) is 4.93. The molecule has 0 bridgehead atoms. The number of rotatable bonds is 3. The van der Waals surface area contributed by atoms with Gasteiger partial charge in [0.25, 0.3) is 0 Å². The molecule has 110 valence electrons. The second-order valence-corrected chi connectivity index (χ2v) is 6.41. The number of nitrogens with one attached hydrogen (secondary N) is 1. The van der Waals surface area contributed by atoms with Gasteiger partial charge in [-0.25, -0.2) is 0 Å². The van der Waals surface area contributed by atoms with Gasteiger partial charge < -0.3 is 10.1 Å². The first-order valence-corrected chi connectivity index (χ1v) is 8.23. The molecule has 0 aromatic heterocycles. The lowest BCUT2D eigenvalue weighted by atomic mass is 9.91. The predicted molar refractivity (Wildman–Crippen MR) is 89.7 cm³/mol. The monoisotopic (exact) mass is 345 g/mol. The van der Waals surface area contributed by atoms with Gasteiger partial charge >= 0.3 is 0 Å². The zero-order chi connectivity index (χ0) is 14.8. The number of halogens is 1. The fourth-order valence-corrected chi connectivity index (χ4v) is 3.36. The Labute approximate surface area is 134 Å². The van der Waals surface area contributed by atoms with Crippen LogP contribution in [0.5, 0.6) is 5.75 Å². The standard InChI is InChI=1S/C18H20BrNO/c1-3-20-16-11-18(14-7-5-4-6-12(14)2)21-17-10-13(19)8-9-15(16)17/h4-10,16,18,20H,3,11H2,1-2H3. The van der Waals surface area contributed by atoms with E-state index in [4.69, 9.17) is 4.74 Å². The molecule has 0 amide bonds. The van der Waals surface area contributed by atoms with E-state index in [9.17, 15) is 0 Å². The minimum Gasteiger partial charge on any atom is -0.485 e. The summed E-state index contributed by atoms with van der Waals surface area (Å²) in [7, 11) is 0.